The Bertz CT molecular complexity index is 931. The average molecular weight is 459 g/mol. The third-order valence-corrected chi connectivity index (χ3v) is 7.85. The minimum Gasteiger partial charge on any atom is -0.497 e. The van der Waals surface area contributed by atoms with Gasteiger partial charge in [-0.25, -0.2) is 0 Å². The molecule has 33 heavy (non-hydrogen) atoms. The fourth-order valence-corrected chi connectivity index (χ4v) is 6.06. The van der Waals surface area contributed by atoms with Gasteiger partial charge in [-0.05, 0) is 67.8 Å². The zero-order valence-electron chi connectivity index (χ0n) is 19.4. The van der Waals surface area contributed by atoms with Crippen LogP contribution < -0.4 is 10.1 Å². The highest BCUT2D eigenvalue weighted by Gasteiger charge is 2.64. The van der Waals surface area contributed by atoms with Crippen LogP contribution in [0.4, 0.5) is 0 Å². The maximum absolute atomic E-state index is 12.4. The van der Waals surface area contributed by atoms with Gasteiger partial charge in [-0.3, -0.25) is 19.3 Å². The topological polar surface area (TPSA) is 116 Å². The van der Waals surface area contributed by atoms with E-state index in [9.17, 15) is 19.5 Å². The second-order valence-corrected chi connectivity index (χ2v) is 9.96. The zero-order valence-corrected chi connectivity index (χ0v) is 19.4. The summed E-state index contributed by atoms with van der Waals surface area (Å²) >= 11 is 0. The molecule has 3 N–H and O–H groups in total. The van der Waals surface area contributed by atoms with Gasteiger partial charge in [0, 0.05) is 37.8 Å². The molecule has 1 amide bonds. The van der Waals surface area contributed by atoms with Crippen LogP contribution in [0, 0.1) is 5.92 Å². The highest BCUT2D eigenvalue weighted by Crippen LogP contribution is 2.58. The minimum absolute atomic E-state index is 0.149. The van der Waals surface area contributed by atoms with E-state index >= 15 is 0 Å². The van der Waals surface area contributed by atoms with E-state index in [1.807, 2.05) is 6.07 Å². The van der Waals surface area contributed by atoms with Crippen LogP contribution in [0.25, 0.3) is 0 Å². The summed E-state index contributed by atoms with van der Waals surface area (Å²) in [5.74, 6) is 0.591. The average Bonchev–Trinajstić information content (AvgIpc) is 3.59. The summed E-state index contributed by atoms with van der Waals surface area (Å²) < 4.78 is 5.46. The number of ether oxygens (including phenoxy) is 1. The Morgan fingerprint density at radius 3 is 2.64 bits per heavy atom. The number of rotatable bonds is 5. The van der Waals surface area contributed by atoms with Gasteiger partial charge in [0.1, 0.15) is 18.1 Å². The summed E-state index contributed by atoms with van der Waals surface area (Å²) in [6.07, 6.45) is 6.03. The molecular formula is C25H34N2O6. The summed E-state index contributed by atoms with van der Waals surface area (Å²) in [6.45, 7) is 3.08. The summed E-state index contributed by atoms with van der Waals surface area (Å²) in [6, 6.07) is 6.41. The van der Waals surface area contributed by atoms with Gasteiger partial charge in [0.2, 0.25) is 5.91 Å². The van der Waals surface area contributed by atoms with Gasteiger partial charge in [0.15, 0.2) is 0 Å². The lowest BCUT2D eigenvalue weighted by atomic mass is 9.49. The molecule has 2 bridgehead atoms. The number of benzene rings is 1. The summed E-state index contributed by atoms with van der Waals surface area (Å²) in [5.41, 5.74) is 1.26. The Morgan fingerprint density at radius 1 is 1.27 bits per heavy atom. The van der Waals surface area contributed by atoms with Crippen molar-refractivity contribution in [3.05, 3.63) is 29.3 Å². The fraction of sp³-hybridized carbons (Fsp3) is 0.640. The number of piperidine rings is 1. The number of likely N-dealkylation sites (tertiary alicyclic amines) is 1. The van der Waals surface area contributed by atoms with Crippen molar-refractivity contribution >= 4 is 17.7 Å². The molecule has 3 atom stereocenters. The molecule has 0 radical (unpaired) electrons. The second-order valence-electron chi connectivity index (χ2n) is 9.96. The second kappa shape index (κ2) is 9.06. The van der Waals surface area contributed by atoms with E-state index in [0.29, 0.717) is 25.0 Å². The molecule has 8 nitrogen and oxygen atoms in total. The first-order chi connectivity index (χ1) is 15.7. The van der Waals surface area contributed by atoms with Gasteiger partial charge < -0.3 is 20.3 Å². The summed E-state index contributed by atoms with van der Waals surface area (Å²) in [5, 5.41) is 22.0. The quantitative estimate of drug-likeness (QED) is 0.615. The molecule has 1 aromatic carbocycles. The Hall–Kier alpha value is -2.45. The molecule has 1 aliphatic heterocycles. The number of fused-ring (bicyclic) bond motifs is 1. The van der Waals surface area contributed by atoms with Crippen molar-refractivity contribution in [2.75, 3.05) is 26.7 Å². The molecule has 2 saturated carbocycles. The Morgan fingerprint density at radius 2 is 2.03 bits per heavy atom. The van der Waals surface area contributed by atoms with Crippen molar-refractivity contribution in [3.63, 3.8) is 0 Å². The van der Waals surface area contributed by atoms with Crippen molar-refractivity contribution < 1.29 is 29.3 Å². The number of aliphatic carboxylic acids is 1. The smallest absolute Gasteiger partial charge is 0.322 e. The first-order valence-electron chi connectivity index (χ1n) is 11.8. The lowest BCUT2D eigenvalue weighted by molar-refractivity contribution is -0.173. The lowest BCUT2D eigenvalue weighted by Crippen LogP contribution is -2.73. The molecule has 0 spiro atoms. The lowest BCUT2D eigenvalue weighted by Gasteiger charge is -2.63. The molecule has 180 valence electrons. The molecule has 4 aliphatic rings. The molecule has 8 heteroatoms. The standard InChI is InChI=1S/C21H27NO3.C4H7NO3/c1-25-17-5-4-15-10-19-21(24)7-6-16(23)12-20(21,18(15)11-17)8-9-22(19)13-14-2-3-14;1-3(6)5-2-4(7)8/h4-5,11,14,19,24H,2-3,6-10,12-13H2,1H3;2H2,1H3,(H,5,6)(H,7,8). The molecule has 5 rings (SSSR count). The van der Waals surface area contributed by atoms with Crippen molar-refractivity contribution in [1.82, 2.24) is 10.2 Å². The number of hydrogen-bond acceptors (Lipinski definition) is 6. The number of hydrogen-bond donors (Lipinski definition) is 3. The largest absolute Gasteiger partial charge is 0.497 e. The van der Waals surface area contributed by atoms with Crippen LogP contribution in [0.15, 0.2) is 18.2 Å². The van der Waals surface area contributed by atoms with E-state index in [-0.39, 0.29) is 18.5 Å². The van der Waals surface area contributed by atoms with Crippen molar-refractivity contribution in [2.45, 2.75) is 68.9 Å². The van der Waals surface area contributed by atoms with Gasteiger partial charge in [-0.15, -0.1) is 0 Å². The number of carbonyl (C=O) groups excluding carboxylic acids is 2. The number of nitrogens with zero attached hydrogens (tertiary/aromatic N) is 1. The number of carbonyl (C=O) groups is 3. The van der Waals surface area contributed by atoms with E-state index < -0.39 is 17.0 Å². The van der Waals surface area contributed by atoms with Gasteiger partial charge in [0.05, 0.1) is 12.7 Å². The maximum atomic E-state index is 12.4. The molecule has 3 fully saturated rings. The zero-order chi connectivity index (χ0) is 23.8. The Kier molecular flexibility index (Phi) is 6.51. The van der Waals surface area contributed by atoms with E-state index in [0.717, 1.165) is 37.6 Å². The number of ketones is 1. The normalized spacial score (nSPS) is 30.3. The summed E-state index contributed by atoms with van der Waals surface area (Å²) in [7, 11) is 1.68. The minimum atomic E-state index is -1.03. The maximum Gasteiger partial charge on any atom is 0.322 e. The van der Waals surface area contributed by atoms with Crippen LogP contribution in [0.1, 0.15) is 56.6 Å². The van der Waals surface area contributed by atoms with Crippen molar-refractivity contribution in [2.24, 2.45) is 5.92 Å². The number of nitrogens with one attached hydrogen (secondary N) is 1. The van der Waals surface area contributed by atoms with Gasteiger partial charge in [-0.2, -0.15) is 0 Å². The molecule has 3 aliphatic carbocycles. The van der Waals surface area contributed by atoms with Gasteiger partial charge >= 0.3 is 5.97 Å². The van der Waals surface area contributed by atoms with E-state index in [2.05, 4.69) is 22.3 Å². The highest BCUT2D eigenvalue weighted by molar-refractivity contribution is 5.82. The Balaban J connectivity index is 0.000000281. The van der Waals surface area contributed by atoms with Crippen molar-refractivity contribution in [3.8, 4) is 5.75 Å². The first kappa shape index (κ1) is 23.7. The number of Topliss-reactive ketones (excluding diaryl/α,β-unsaturated/α-hetero) is 1. The number of carboxylic acid groups (broad SMARTS) is 1. The molecule has 0 aromatic heterocycles. The number of amides is 1. The van der Waals surface area contributed by atoms with Crippen LogP contribution in [-0.2, 0) is 26.2 Å². The van der Waals surface area contributed by atoms with Crippen LogP contribution in [0.3, 0.4) is 0 Å². The number of methoxy groups -OCH3 is 1. The number of aliphatic hydroxyl groups is 1. The Labute approximate surface area is 194 Å². The van der Waals surface area contributed by atoms with E-state index in [1.54, 1.807) is 7.11 Å². The van der Waals surface area contributed by atoms with Crippen LogP contribution in [0.5, 0.6) is 5.75 Å². The number of carboxylic acids is 1. The van der Waals surface area contributed by atoms with Gasteiger partial charge in [-0.1, -0.05) is 6.07 Å². The monoisotopic (exact) mass is 458 g/mol. The van der Waals surface area contributed by atoms with Gasteiger partial charge in [0.25, 0.3) is 0 Å². The fourth-order valence-electron chi connectivity index (χ4n) is 6.06. The predicted octanol–water partition coefficient (Wildman–Crippen LogP) is 1.66. The molecule has 1 heterocycles. The first-order valence-corrected chi connectivity index (χ1v) is 11.8. The molecular weight excluding hydrogens is 424 g/mol. The predicted molar refractivity (Wildman–Crippen MR) is 121 cm³/mol. The van der Waals surface area contributed by atoms with Crippen LogP contribution >= 0.6 is 0 Å². The highest BCUT2D eigenvalue weighted by atomic mass is 16.5. The van der Waals surface area contributed by atoms with E-state index in [1.165, 1.54) is 30.9 Å². The molecule has 3 unspecified atom stereocenters. The third-order valence-electron chi connectivity index (χ3n) is 7.85. The van der Waals surface area contributed by atoms with Crippen LogP contribution in [0.2, 0.25) is 0 Å². The third kappa shape index (κ3) is 4.51. The SMILES string of the molecule is CC(=O)NCC(=O)O.COc1ccc2c(c1)C13CCN(CC4CC4)C(C2)C1(O)CCC(=O)C3. The van der Waals surface area contributed by atoms with E-state index in [4.69, 9.17) is 9.84 Å². The summed E-state index contributed by atoms with van der Waals surface area (Å²) in [4.78, 5) is 34.6. The van der Waals surface area contributed by atoms with Crippen LogP contribution in [-0.4, -0.2) is 71.2 Å². The molecule has 1 saturated heterocycles. The molecule has 1 aromatic rings. The van der Waals surface area contributed by atoms with Crippen molar-refractivity contribution in [1.29, 1.82) is 0 Å².